The van der Waals surface area contributed by atoms with Gasteiger partial charge >= 0.3 is 29.6 Å². The van der Waals surface area contributed by atoms with E-state index in [1.54, 1.807) is 0 Å². The Hall–Kier alpha value is 0.760. The zero-order valence-corrected chi connectivity index (χ0v) is 2.53. The van der Waals surface area contributed by atoms with Gasteiger partial charge in [0.2, 0.25) is 0 Å². The fraction of sp³-hybridized carbons (Fsp3) is 0. The van der Waals surface area contributed by atoms with Crippen LogP contribution in [0.1, 0.15) is 0 Å². The second-order valence-electron chi connectivity index (χ2n) is 0.285. The molecule has 0 rings (SSSR count). The molecule has 6 nitrogen and oxygen atoms in total. The van der Waals surface area contributed by atoms with E-state index in [4.69, 9.17) is 10.5 Å². The van der Waals surface area contributed by atoms with E-state index in [9.17, 15) is 0 Å². The molecule has 0 radical (unpaired) electrons. The third kappa shape index (κ3) is 10.8. The SMILES string of the molecule is OOOOOO.[NaH]. The van der Waals surface area contributed by atoms with Crippen LogP contribution in [0, 0.1) is 0 Å². The van der Waals surface area contributed by atoms with Crippen LogP contribution in [0.4, 0.5) is 0 Å². The zero-order valence-electron chi connectivity index (χ0n) is 2.53. The average Bonchev–Trinajstić information content (AvgIpc) is 1.61. The summed E-state index contributed by atoms with van der Waals surface area (Å²) >= 11 is 0. The van der Waals surface area contributed by atoms with Crippen molar-refractivity contribution in [3.05, 3.63) is 0 Å². The van der Waals surface area contributed by atoms with Crippen molar-refractivity contribution in [1.82, 2.24) is 0 Å². The second-order valence-corrected chi connectivity index (χ2v) is 0.285. The molecule has 0 aliphatic heterocycles. The van der Waals surface area contributed by atoms with Crippen molar-refractivity contribution < 1.29 is 30.7 Å². The standard InChI is InChI=1S/Na.H2O6.H/c;1-3-5-6-4-2;/h;1-2H;. The number of hydrogen-bond acceptors (Lipinski definition) is 6. The Morgan fingerprint density at radius 2 is 1.14 bits per heavy atom. The molecule has 0 amide bonds. The minimum absolute atomic E-state index is 0. The van der Waals surface area contributed by atoms with Crippen LogP contribution in [0.25, 0.3) is 0 Å². The summed E-state index contributed by atoms with van der Waals surface area (Å²) in [6.07, 6.45) is 0. The Bertz CT molecular complexity index is 16.1. The third-order valence-electron chi connectivity index (χ3n) is 0.0886. The van der Waals surface area contributed by atoms with Crippen LogP contribution in [0.2, 0.25) is 0 Å². The summed E-state index contributed by atoms with van der Waals surface area (Å²) in [6.45, 7) is 0. The Labute approximate surface area is 60.5 Å². The van der Waals surface area contributed by atoms with E-state index in [-0.39, 0.29) is 29.6 Å². The van der Waals surface area contributed by atoms with Gasteiger partial charge in [-0.15, -0.1) is 0 Å². The van der Waals surface area contributed by atoms with Crippen LogP contribution in [0.3, 0.4) is 0 Å². The molecule has 2 N–H and O–H groups in total. The molecule has 0 atom stereocenters. The molecular formula is H3NaO6. The van der Waals surface area contributed by atoms with E-state index in [0.717, 1.165) is 0 Å². The molecule has 0 aromatic rings. The van der Waals surface area contributed by atoms with E-state index in [1.807, 2.05) is 0 Å². The molecular weight excluding hydrogens is 119 g/mol. The predicted octanol–water partition coefficient (Wildman–Crippen LogP) is -0.905. The first-order valence-corrected chi connectivity index (χ1v) is 0.865. The predicted molar refractivity (Wildman–Crippen MR) is 16.7 cm³/mol. The van der Waals surface area contributed by atoms with E-state index >= 15 is 0 Å². The molecule has 0 heterocycles. The third-order valence-corrected chi connectivity index (χ3v) is 0.0886. The van der Waals surface area contributed by atoms with Gasteiger partial charge in [-0.05, 0) is 20.2 Å². The normalized spacial score (nSPS) is 7.71. The van der Waals surface area contributed by atoms with E-state index < -0.39 is 0 Å². The first-order valence-electron chi connectivity index (χ1n) is 0.865. The first kappa shape index (κ1) is 10.7. The molecule has 0 saturated carbocycles. The molecule has 0 unspecified atom stereocenters. The van der Waals surface area contributed by atoms with Crippen molar-refractivity contribution in [2.24, 2.45) is 0 Å². The van der Waals surface area contributed by atoms with Crippen LogP contribution < -0.4 is 0 Å². The topological polar surface area (TPSA) is 77.4 Å². The van der Waals surface area contributed by atoms with Gasteiger partial charge in [0.15, 0.2) is 0 Å². The number of hydrogen-bond donors (Lipinski definition) is 2. The Kier molecular flexibility index (Phi) is 15.1. The van der Waals surface area contributed by atoms with Crippen molar-refractivity contribution in [3.8, 4) is 0 Å². The van der Waals surface area contributed by atoms with Gasteiger partial charge in [0.05, 0.1) is 0 Å². The fourth-order valence-corrected chi connectivity index (χ4v) is 0.0248. The first-order chi connectivity index (χ1) is 2.91. The van der Waals surface area contributed by atoms with Crippen molar-refractivity contribution in [2.75, 3.05) is 0 Å². The summed E-state index contributed by atoms with van der Waals surface area (Å²) in [4.78, 5) is 0. The van der Waals surface area contributed by atoms with Gasteiger partial charge in [-0.2, -0.15) is 0 Å². The number of rotatable bonds is 3. The van der Waals surface area contributed by atoms with E-state index in [0.29, 0.717) is 0 Å². The molecule has 0 spiro atoms. The Balaban J connectivity index is 0. The van der Waals surface area contributed by atoms with Crippen LogP contribution in [0.15, 0.2) is 0 Å². The summed E-state index contributed by atoms with van der Waals surface area (Å²) < 4.78 is 0. The summed E-state index contributed by atoms with van der Waals surface area (Å²) in [5.74, 6) is 0. The minimum atomic E-state index is 0. The molecule has 7 heteroatoms. The molecule has 40 valence electrons. The van der Waals surface area contributed by atoms with Gasteiger partial charge in [0, 0.05) is 0 Å². The quantitative estimate of drug-likeness (QED) is 0.218. The van der Waals surface area contributed by atoms with E-state index in [2.05, 4.69) is 20.2 Å². The Morgan fingerprint density at radius 3 is 1.29 bits per heavy atom. The van der Waals surface area contributed by atoms with Gasteiger partial charge in [0.1, 0.15) is 0 Å². The summed E-state index contributed by atoms with van der Waals surface area (Å²) in [5, 5.41) is 26.0. The summed E-state index contributed by atoms with van der Waals surface area (Å²) in [6, 6.07) is 0. The summed E-state index contributed by atoms with van der Waals surface area (Å²) in [5.41, 5.74) is 0. The molecule has 7 heavy (non-hydrogen) atoms. The van der Waals surface area contributed by atoms with E-state index in [1.165, 1.54) is 0 Å². The van der Waals surface area contributed by atoms with Gasteiger partial charge in [-0.3, -0.25) is 0 Å². The maximum absolute atomic E-state index is 7.16. The van der Waals surface area contributed by atoms with Crippen molar-refractivity contribution >= 4 is 29.6 Å². The van der Waals surface area contributed by atoms with Crippen molar-refractivity contribution in [3.63, 3.8) is 0 Å². The molecule has 0 bridgehead atoms. The van der Waals surface area contributed by atoms with Gasteiger partial charge in [0.25, 0.3) is 0 Å². The molecule has 0 aliphatic rings. The fourth-order valence-electron chi connectivity index (χ4n) is 0.0248. The molecule has 0 fully saturated rings. The second kappa shape index (κ2) is 9.90. The van der Waals surface area contributed by atoms with Gasteiger partial charge in [-0.25, -0.2) is 10.5 Å². The van der Waals surface area contributed by atoms with Crippen molar-refractivity contribution in [2.45, 2.75) is 0 Å². The van der Waals surface area contributed by atoms with Crippen LogP contribution >= 0.6 is 0 Å². The van der Waals surface area contributed by atoms with Crippen molar-refractivity contribution in [1.29, 1.82) is 0 Å². The van der Waals surface area contributed by atoms with Gasteiger partial charge < -0.3 is 0 Å². The molecule has 0 aromatic heterocycles. The Morgan fingerprint density at radius 1 is 0.857 bits per heavy atom. The monoisotopic (exact) mass is 122 g/mol. The zero-order chi connectivity index (χ0) is 4.83. The summed E-state index contributed by atoms with van der Waals surface area (Å²) in [7, 11) is 0. The van der Waals surface area contributed by atoms with Crippen LogP contribution in [-0.4, -0.2) is 40.1 Å². The average molecular weight is 122 g/mol. The van der Waals surface area contributed by atoms with Gasteiger partial charge in [-0.1, -0.05) is 0 Å². The maximum atomic E-state index is 7.16. The molecule has 0 aromatic carbocycles. The van der Waals surface area contributed by atoms with Crippen LogP contribution in [0.5, 0.6) is 0 Å². The van der Waals surface area contributed by atoms with Crippen LogP contribution in [-0.2, 0) is 20.2 Å². The molecule has 0 aliphatic carbocycles. The molecule has 0 saturated heterocycles.